The summed E-state index contributed by atoms with van der Waals surface area (Å²) in [5, 5.41) is 6.17. The molecule has 4 nitrogen and oxygen atoms in total. The fourth-order valence-corrected chi connectivity index (χ4v) is 2.41. The van der Waals surface area contributed by atoms with E-state index in [1.165, 1.54) is 5.56 Å². The molecule has 0 aliphatic heterocycles. The molecule has 0 saturated heterocycles. The number of hydrogen-bond acceptors (Lipinski definition) is 3. The van der Waals surface area contributed by atoms with E-state index in [4.69, 9.17) is 4.74 Å². The first-order valence-corrected chi connectivity index (χ1v) is 7.87. The Labute approximate surface area is 137 Å². The SMILES string of the molecule is COc1ccccc1CCNC(=O)CNC(C)c1ccccc1. The molecule has 1 atom stereocenters. The maximum absolute atomic E-state index is 11.9. The van der Waals surface area contributed by atoms with E-state index in [0.29, 0.717) is 13.1 Å². The molecule has 0 aliphatic rings. The molecule has 2 N–H and O–H groups in total. The molecule has 2 aromatic rings. The molecule has 0 saturated carbocycles. The van der Waals surface area contributed by atoms with E-state index >= 15 is 0 Å². The molecule has 1 amide bonds. The van der Waals surface area contributed by atoms with Crippen LogP contribution in [0.1, 0.15) is 24.1 Å². The summed E-state index contributed by atoms with van der Waals surface area (Å²) in [6.07, 6.45) is 0.754. The van der Waals surface area contributed by atoms with Crippen LogP contribution < -0.4 is 15.4 Å². The van der Waals surface area contributed by atoms with Crippen LogP contribution in [-0.2, 0) is 11.2 Å². The molecule has 2 aromatic carbocycles. The maximum Gasteiger partial charge on any atom is 0.233 e. The molecule has 1 unspecified atom stereocenters. The van der Waals surface area contributed by atoms with Gasteiger partial charge in [0, 0.05) is 12.6 Å². The summed E-state index contributed by atoms with van der Waals surface area (Å²) >= 11 is 0. The van der Waals surface area contributed by atoms with E-state index in [-0.39, 0.29) is 11.9 Å². The van der Waals surface area contributed by atoms with Crippen molar-refractivity contribution >= 4 is 5.91 Å². The number of hydrogen-bond donors (Lipinski definition) is 2. The van der Waals surface area contributed by atoms with Crippen molar-refractivity contribution in [3.63, 3.8) is 0 Å². The number of carbonyl (C=O) groups is 1. The number of rotatable bonds is 8. The average molecular weight is 312 g/mol. The van der Waals surface area contributed by atoms with Crippen molar-refractivity contribution in [1.29, 1.82) is 0 Å². The smallest absolute Gasteiger partial charge is 0.233 e. The Hall–Kier alpha value is -2.33. The molecule has 2 rings (SSSR count). The normalized spacial score (nSPS) is 11.7. The molecule has 0 fully saturated rings. The van der Waals surface area contributed by atoms with Crippen LogP contribution in [0.15, 0.2) is 54.6 Å². The zero-order valence-corrected chi connectivity index (χ0v) is 13.7. The molecular weight excluding hydrogens is 288 g/mol. The van der Waals surface area contributed by atoms with Crippen LogP contribution in [0.5, 0.6) is 5.75 Å². The van der Waals surface area contributed by atoms with Gasteiger partial charge in [-0.3, -0.25) is 4.79 Å². The van der Waals surface area contributed by atoms with Crippen LogP contribution in [0.25, 0.3) is 0 Å². The summed E-state index contributed by atoms with van der Waals surface area (Å²) in [5.74, 6) is 0.861. The van der Waals surface area contributed by atoms with E-state index < -0.39 is 0 Å². The van der Waals surface area contributed by atoms with Gasteiger partial charge in [0.05, 0.1) is 13.7 Å². The number of ether oxygens (including phenoxy) is 1. The van der Waals surface area contributed by atoms with E-state index in [1.54, 1.807) is 7.11 Å². The van der Waals surface area contributed by atoms with Gasteiger partial charge in [-0.05, 0) is 30.5 Å². The highest BCUT2D eigenvalue weighted by molar-refractivity contribution is 5.78. The van der Waals surface area contributed by atoms with Crippen molar-refractivity contribution in [2.45, 2.75) is 19.4 Å². The summed E-state index contributed by atoms with van der Waals surface area (Å²) in [7, 11) is 1.66. The van der Waals surface area contributed by atoms with E-state index in [9.17, 15) is 4.79 Å². The standard InChI is InChI=1S/C19H24N2O2/c1-15(16-8-4-3-5-9-16)21-14-19(22)20-13-12-17-10-6-7-11-18(17)23-2/h3-11,15,21H,12-14H2,1-2H3,(H,20,22). The molecule has 0 aromatic heterocycles. The predicted molar refractivity (Wildman–Crippen MR) is 92.6 cm³/mol. The largest absolute Gasteiger partial charge is 0.496 e. The number of benzene rings is 2. The molecule has 0 spiro atoms. The second-order valence-corrected chi connectivity index (χ2v) is 5.43. The molecule has 4 heteroatoms. The predicted octanol–water partition coefficient (Wildman–Crippen LogP) is 2.70. The van der Waals surface area contributed by atoms with Crippen molar-refractivity contribution < 1.29 is 9.53 Å². The quantitative estimate of drug-likeness (QED) is 0.788. The number of methoxy groups -OCH3 is 1. The first-order valence-electron chi connectivity index (χ1n) is 7.87. The van der Waals surface area contributed by atoms with Gasteiger partial charge < -0.3 is 15.4 Å². The molecule has 0 bridgehead atoms. The Morgan fingerprint density at radius 2 is 1.78 bits per heavy atom. The van der Waals surface area contributed by atoms with Gasteiger partial charge in [-0.25, -0.2) is 0 Å². The topological polar surface area (TPSA) is 50.4 Å². The fourth-order valence-electron chi connectivity index (χ4n) is 2.41. The Balaban J connectivity index is 1.71. The minimum absolute atomic E-state index is 0.00248. The van der Waals surface area contributed by atoms with Crippen molar-refractivity contribution in [3.8, 4) is 5.75 Å². The number of amides is 1. The minimum atomic E-state index is 0.00248. The van der Waals surface area contributed by atoms with Gasteiger partial charge in [0.1, 0.15) is 5.75 Å². The third kappa shape index (κ3) is 5.42. The zero-order chi connectivity index (χ0) is 16.5. The van der Waals surface area contributed by atoms with Crippen molar-refractivity contribution in [3.05, 3.63) is 65.7 Å². The molecule has 0 radical (unpaired) electrons. The third-order valence-electron chi connectivity index (χ3n) is 3.78. The van der Waals surface area contributed by atoms with Crippen LogP contribution in [0.2, 0.25) is 0 Å². The van der Waals surface area contributed by atoms with E-state index in [0.717, 1.165) is 17.7 Å². The highest BCUT2D eigenvalue weighted by Crippen LogP contribution is 2.17. The van der Waals surface area contributed by atoms with Crippen molar-refractivity contribution in [2.75, 3.05) is 20.2 Å². The molecule has 0 heterocycles. The van der Waals surface area contributed by atoms with Crippen LogP contribution in [0.4, 0.5) is 0 Å². The lowest BCUT2D eigenvalue weighted by molar-refractivity contribution is -0.120. The monoisotopic (exact) mass is 312 g/mol. The van der Waals surface area contributed by atoms with Gasteiger partial charge in [0.2, 0.25) is 5.91 Å². The number of para-hydroxylation sites is 1. The van der Waals surface area contributed by atoms with Crippen LogP contribution in [0, 0.1) is 0 Å². The van der Waals surface area contributed by atoms with Gasteiger partial charge in [0.15, 0.2) is 0 Å². The first-order chi connectivity index (χ1) is 11.2. The van der Waals surface area contributed by atoms with Gasteiger partial charge in [-0.15, -0.1) is 0 Å². The van der Waals surface area contributed by atoms with E-state index in [1.807, 2.05) is 42.5 Å². The van der Waals surface area contributed by atoms with Crippen molar-refractivity contribution in [2.24, 2.45) is 0 Å². The molecule has 23 heavy (non-hydrogen) atoms. The van der Waals surface area contributed by atoms with Gasteiger partial charge >= 0.3 is 0 Å². The summed E-state index contributed by atoms with van der Waals surface area (Å²) in [6, 6.07) is 18.1. The second-order valence-electron chi connectivity index (χ2n) is 5.43. The molecular formula is C19H24N2O2. The van der Waals surface area contributed by atoms with Crippen LogP contribution >= 0.6 is 0 Å². The average Bonchev–Trinajstić information content (AvgIpc) is 2.61. The van der Waals surface area contributed by atoms with Crippen LogP contribution in [0.3, 0.4) is 0 Å². The number of nitrogens with one attached hydrogen (secondary N) is 2. The summed E-state index contributed by atoms with van der Waals surface area (Å²) in [4.78, 5) is 11.9. The first kappa shape index (κ1) is 17.0. The van der Waals surface area contributed by atoms with Gasteiger partial charge in [-0.2, -0.15) is 0 Å². The lowest BCUT2D eigenvalue weighted by atomic mass is 10.1. The zero-order valence-electron chi connectivity index (χ0n) is 13.7. The maximum atomic E-state index is 11.9. The van der Waals surface area contributed by atoms with Gasteiger partial charge in [-0.1, -0.05) is 48.5 Å². The molecule has 122 valence electrons. The van der Waals surface area contributed by atoms with Crippen molar-refractivity contribution in [1.82, 2.24) is 10.6 Å². The van der Waals surface area contributed by atoms with Gasteiger partial charge in [0.25, 0.3) is 0 Å². The second kappa shape index (κ2) is 8.96. The highest BCUT2D eigenvalue weighted by Gasteiger charge is 2.07. The lowest BCUT2D eigenvalue weighted by Crippen LogP contribution is -2.36. The minimum Gasteiger partial charge on any atom is -0.496 e. The summed E-state index contributed by atoms with van der Waals surface area (Å²) in [6.45, 7) is 2.96. The number of carbonyl (C=O) groups excluding carboxylic acids is 1. The Morgan fingerprint density at radius 3 is 2.52 bits per heavy atom. The third-order valence-corrected chi connectivity index (χ3v) is 3.78. The highest BCUT2D eigenvalue weighted by atomic mass is 16.5. The lowest BCUT2D eigenvalue weighted by Gasteiger charge is -2.14. The fraction of sp³-hybridized carbons (Fsp3) is 0.316. The Bertz CT molecular complexity index is 614. The molecule has 0 aliphatic carbocycles. The summed E-state index contributed by atoms with van der Waals surface area (Å²) in [5.41, 5.74) is 2.27. The summed E-state index contributed by atoms with van der Waals surface area (Å²) < 4.78 is 5.31. The van der Waals surface area contributed by atoms with Crippen LogP contribution in [-0.4, -0.2) is 26.1 Å². The Morgan fingerprint density at radius 1 is 1.09 bits per heavy atom. The van der Waals surface area contributed by atoms with E-state index in [2.05, 4.69) is 29.7 Å². The Kier molecular flexibility index (Phi) is 6.63.